The smallest absolute Gasteiger partial charge is 0.262 e. The molecular weight excluding hydrogens is 363 g/mol. The van der Waals surface area contributed by atoms with E-state index in [9.17, 15) is 23.6 Å². The van der Waals surface area contributed by atoms with Crippen molar-refractivity contribution < 1.29 is 23.6 Å². The maximum absolute atomic E-state index is 13.6. The van der Waals surface area contributed by atoms with Gasteiger partial charge in [-0.15, -0.1) is 0 Å². The van der Waals surface area contributed by atoms with Crippen LogP contribution >= 0.6 is 0 Å². The first-order chi connectivity index (χ1) is 13.3. The second-order valence-electron chi connectivity index (χ2n) is 5.80. The van der Waals surface area contributed by atoms with E-state index in [1.807, 2.05) is 27.7 Å². The Hall–Kier alpha value is -2.57. The number of hydrogen-bond donors (Lipinski definition) is 1. The van der Waals surface area contributed by atoms with Gasteiger partial charge in [-0.25, -0.2) is 4.39 Å². The number of fused-ring (bicyclic) bond motifs is 1. The molecule has 1 N–H and O–H groups in total. The number of rotatable bonds is 1. The summed E-state index contributed by atoms with van der Waals surface area (Å²) in [6.45, 7) is 13.7. The normalized spacial score (nSPS) is 17.3. The SMILES string of the molecule is CC.CC.CCC.Cc1cc2c(cc1F)C(=O)N(C1CCC(=O)NC1=O)C2=O. The Balaban J connectivity index is 0.000000930. The summed E-state index contributed by atoms with van der Waals surface area (Å²) < 4.78 is 13.6. The lowest BCUT2D eigenvalue weighted by atomic mass is 10.0. The highest BCUT2D eigenvalue weighted by molar-refractivity contribution is 6.23. The van der Waals surface area contributed by atoms with Crippen LogP contribution in [-0.2, 0) is 9.59 Å². The van der Waals surface area contributed by atoms with Crippen LogP contribution in [0.5, 0.6) is 0 Å². The van der Waals surface area contributed by atoms with Gasteiger partial charge in [0.1, 0.15) is 11.9 Å². The molecule has 156 valence electrons. The second kappa shape index (κ2) is 12.0. The summed E-state index contributed by atoms with van der Waals surface area (Å²) in [5.74, 6) is -3.04. The van der Waals surface area contributed by atoms with Crippen molar-refractivity contribution in [3.8, 4) is 0 Å². The first kappa shape index (κ1) is 25.4. The van der Waals surface area contributed by atoms with Gasteiger partial charge < -0.3 is 0 Å². The Kier molecular flexibility index (Phi) is 10.9. The lowest BCUT2D eigenvalue weighted by Crippen LogP contribution is -2.54. The highest BCUT2D eigenvalue weighted by atomic mass is 19.1. The molecule has 7 heteroatoms. The summed E-state index contributed by atoms with van der Waals surface area (Å²) in [7, 11) is 0. The lowest BCUT2D eigenvalue weighted by Gasteiger charge is -2.27. The van der Waals surface area contributed by atoms with Gasteiger partial charge in [0, 0.05) is 6.42 Å². The Labute approximate surface area is 166 Å². The van der Waals surface area contributed by atoms with Gasteiger partial charge in [0.15, 0.2) is 0 Å². The third-order valence-corrected chi connectivity index (χ3v) is 3.72. The summed E-state index contributed by atoms with van der Waals surface area (Å²) in [5.41, 5.74) is 0.288. The molecule has 1 fully saturated rings. The molecule has 4 amide bonds. The fraction of sp³-hybridized carbons (Fsp3) is 0.524. The van der Waals surface area contributed by atoms with E-state index in [-0.39, 0.29) is 29.5 Å². The minimum absolute atomic E-state index is 0.0483. The molecule has 1 aromatic rings. The first-order valence-electron chi connectivity index (χ1n) is 9.83. The zero-order chi connectivity index (χ0) is 22.0. The van der Waals surface area contributed by atoms with Gasteiger partial charge in [0.05, 0.1) is 11.1 Å². The van der Waals surface area contributed by atoms with Gasteiger partial charge in [-0.3, -0.25) is 29.4 Å². The number of halogens is 1. The van der Waals surface area contributed by atoms with Crippen molar-refractivity contribution in [2.45, 2.75) is 73.8 Å². The van der Waals surface area contributed by atoms with Crippen molar-refractivity contribution >= 4 is 23.6 Å². The van der Waals surface area contributed by atoms with Crippen LogP contribution in [-0.4, -0.2) is 34.6 Å². The molecule has 1 unspecified atom stereocenters. The zero-order valence-corrected chi connectivity index (χ0v) is 17.8. The number of nitrogens with zero attached hydrogens (tertiary/aromatic N) is 1. The molecule has 28 heavy (non-hydrogen) atoms. The van der Waals surface area contributed by atoms with E-state index in [1.54, 1.807) is 0 Å². The van der Waals surface area contributed by atoms with Gasteiger partial charge in [0.25, 0.3) is 11.8 Å². The average molecular weight is 394 g/mol. The highest BCUT2D eigenvalue weighted by Crippen LogP contribution is 2.29. The largest absolute Gasteiger partial charge is 0.295 e. The maximum atomic E-state index is 13.6. The molecule has 1 aromatic carbocycles. The van der Waals surface area contributed by atoms with Crippen molar-refractivity contribution in [1.82, 2.24) is 10.2 Å². The molecule has 2 aliphatic heterocycles. The Bertz CT molecular complexity index is 690. The van der Waals surface area contributed by atoms with E-state index in [1.165, 1.54) is 19.4 Å². The number of hydrogen-bond acceptors (Lipinski definition) is 4. The number of carbonyl (C=O) groups excluding carboxylic acids is 4. The van der Waals surface area contributed by atoms with E-state index in [4.69, 9.17) is 0 Å². The summed E-state index contributed by atoms with van der Waals surface area (Å²) >= 11 is 0. The Morgan fingerprint density at radius 3 is 1.93 bits per heavy atom. The van der Waals surface area contributed by atoms with Gasteiger partial charge in [0.2, 0.25) is 11.8 Å². The van der Waals surface area contributed by atoms with Crippen LogP contribution in [0.25, 0.3) is 0 Å². The molecule has 6 nitrogen and oxygen atoms in total. The van der Waals surface area contributed by atoms with Crippen LogP contribution in [0, 0.1) is 12.7 Å². The van der Waals surface area contributed by atoms with E-state index < -0.39 is 35.5 Å². The van der Waals surface area contributed by atoms with Crippen LogP contribution in [0.3, 0.4) is 0 Å². The van der Waals surface area contributed by atoms with Crippen molar-refractivity contribution in [2.24, 2.45) is 0 Å². The molecule has 0 bridgehead atoms. The predicted octanol–water partition coefficient (Wildman–Crippen LogP) is 4.00. The van der Waals surface area contributed by atoms with Gasteiger partial charge >= 0.3 is 0 Å². The molecule has 3 rings (SSSR count). The van der Waals surface area contributed by atoms with Crippen LogP contribution in [0.1, 0.15) is 87.1 Å². The van der Waals surface area contributed by atoms with Crippen LogP contribution in [0.2, 0.25) is 0 Å². The number of amides is 4. The third-order valence-electron chi connectivity index (χ3n) is 3.72. The summed E-state index contributed by atoms with van der Waals surface area (Å²) in [5, 5.41) is 2.10. The fourth-order valence-electron chi connectivity index (χ4n) is 2.60. The number of benzene rings is 1. The van der Waals surface area contributed by atoms with Crippen LogP contribution in [0.15, 0.2) is 12.1 Å². The molecule has 2 aliphatic rings. The minimum Gasteiger partial charge on any atom is -0.295 e. The van der Waals surface area contributed by atoms with Gasteiger partial charge in [-0.05, 0) is 31.0 Å². The molecule has 2 heterocycles. The first-order valence-corrected chi connectivity index (χ1v) is 9.83. The third kappa shape index (κ3) is 5.47. The van der Waals surface area contributed by atoms with Crippen molar-refractivity contribution in [1.29, 1.82) is 0 Å². The Morgan fingerprint density at radius 1 is 1.00 bits per heavy atom. The van der Waals surface area contributed by atoms with E-state index in [0.29, 0.717) is 0 Å². The van der Waals surface area contributed by atoms with Crippen molar-refractivity contribution in [3.05, 3.63) is 34.6 Å². The monoisotopic (exact) mass is 394 g/mol. The molecule has 0 spiro atoms. The number of carbonyl (C=O) groups is 4. The Morgan fingerprint density at radius 2 is 1.46 bits per heavy atom. The highest BCUT2D eigenvalue weighted by Gasteiger charge is 2.44. The zero-order valence-electron chi connectivity index (χ0n) is 17.8. The van der Waals surface area contributed by atoms with E-state index in [0.717, 1.165) is 11.0 Å². The van der Waals surface area contributed by atoms with Gasteiger partial charge in [-0.1, -0.05) is 48.0 Å². The average Bonchev–Trinajstić information content (AvgIpc) is 2.90. The fourth-order valence-corrected chi connectivity index (χ4v) is 2.60. The predicted molar refractivity (Wildman–Crippen MR) is 106 cm³/mol. The standard InChI is InChI=1S/C14H11FN2O4.C3H8.2C2H6/c1-6-4-7-8(5-9(6)15)14(21)17(13(7)20)10-2-3-11(18)16-12(10)19;1-3-2;2*1-2/h4-5,10H,2-3H2,1H3,(H,16,18,19);3H2,1-2H3;2*1-2H3. The van der Waals surface area contributed by atoms with Crippen molar-refractivity contribution in [2.75, 3.05) is 0 Å². The molecular formula is C21H31FN2O4. The quantitative estimate of drug-likeness (QED) is 0.730. The molecule has 0 saturated carbocycles. The van der Waals surface area contributed by atoms with E-state index in [2.05, 4.69) is 19.2 Å². The number of aryl methyl sites for hydroxylation is 1. The molecule has 1 saturated heterocycles. The summed E-state index contributed by atoms with van der Waals surface area (Å²) in [6.07, 6.45) is 1.38. The number of piperidine rings is 1. The summed E-state index contributed by atoms with van der Waals surface area (Å²) in [6, 6.07) is 1.28. The second-order valence-corrected chi connectivity index (χ2v) is 5.80. The van der Waals surface area contributed by atoms with Gasteiger partial charge in [-0.2, -0.15) is 0 Å². The summed E-state index contributed by atoms with van der Waals surface area (Å²) in [4.78, 5) is 48.3. The molecule has 1 atom stereocenters. The van der Waals surface area contributed by atoms with Crippen LogP contribution in [0.4, 0.5) is 4.39 Å². The topological polar surface area (TPSA) is 83.6 Å². The molecule has 0 aliphatic carbocycles. The number of nitrogens with one attached hydrogen (secondary N) is 1. The lowest BCUT2D eigenvalue weighted by molar-refractivity contribution is -0.136. The van der Waals surface area contributed by atoms with E-state index >= 15 is 0 Å². The molecule has 0 aromatic heterocycles. The van der Waals surface area contributed by atoms with Crippen LogP contribution < -0.4 is 5.32 Å². The molecule has 0 radical (unpaired) electrons. The minimum atomic E-state index is -1.03. The maximum Gasteiger partial charge on any atom is 0.262 e. The number of imide groups is 2. The van der Waals surface area contributed by atoms with Crippen molar-refractivity contribution in [3.63, 3.8) is 0 Å².